The first-order chi connectivity index (χ1) is 12.1. The standard InChI is InChI=1S/C17H16FN3O3S/c1-11-4-5-12(7-14(11)18)17-20-16(24-21-17)10-25-9-15(22)19-8-13-3-2-6-23-13/h2-7H,8-10H2,1H3,(H,19,22). The second kappa shape index (κ2) is 7.98. The predicted molar refractivity (Wildman–Crippen MR) is 91.1 cm³/mol. The number of furan rings is 1. The zero-order valence-electron chi connectivity index (χ0n) is 13.5. The molecule has 0 atom stereocenters. The van der Waals surface area contributed by atoms with Crippen LogP contribution in [-0.2, 0) is 17.1 Å². The summed E-state index contributed by atoms with van der Waals surface area (Å²) in [6.45, 7) is 2.05. The first kappa shape index (κ1) is 17.2. The Labute approximate surface area is 147 Å². The van der Waals surface area contributed by atoms with Gasteiger partial charge in [-0.3, -0.25) is 4.79 Å². The van der Waals surface area contributed by atoms with Gasteiger partial charge in [0.15, 0.2) is 0 Å². The van der Waals surface area contributed by atoms with Crippen LogP contribution in [0.1, 0.15) is 17.2 Å². The van der Waals surface area contributed by atoms with Gasteiger partial charge in [-0.05, 0) is 30.7 Å². The quantitative estimate of drug-likeness (QED) is 0.695. The van der Waals surface area contributed by atoms with E-state index < -0.39 is 0 Å². The zero-order chi connectivity index (χ0) is 17.6. The van der Waals surface area contributed by atoms with Gasteiger partial charge < -0.3 is 14.3 Å². The molecular formula is C17H16FN3O3S. The van der Waals surface area contributed by atoms with E-state index in [1.807, 2.05) is 0 Å². The van der Waals surface area contributed by atoms with E-state index in [-0.39, 0.29) is 17.5 Å². The maximum absolute atomic E-state index is 13.6. The molecule has 0 saturated heterocycles. The van der Waals surface area contributed by atoms with E-state index in [1.54, 1.807) is 37.5 Å². The van der Waals surface area contributed by atoms with Gasteiger partial charge in [-0.15, -0.1) is 11.8 Å². The first-order valence-electron chi connectivity index (χ1n) is 7.58. The fraction of sp³-hybridized carbons (Fsp3) is 0.235. The molecule has 1 amide bonds. The second-order valence-corrected chi connectivity index (χ2v) is 6.31. The number of aryl methyl sites for hydroxylation is 1. The highest BCUT2D eigenvalue weighted by molar-refractivity contribution is 7.99. The number of halogens is 1. The molecule has 0 saturated carbocycles. The van der Waals surface area contributed by atoms with Gasteiger partial charge in [0.05, 0.1) is 24.3 Å². The number of carbonyl (C=O) groups excluding carboxylic acids is 1. The van der Waals surface area contributed by atoms with Crippen molar-refractivity contribution in [2.24, 2.45) is 0 Å². The number of nitrogens with zero attached hydrogens (tertiary/aromatic N) is 2. The molecule has 3 aromatic rings. The van der Waals surface area contributed by atoms with Crippen molar-refractivity contribution in [3.63, 3.8) is 0 Å². The minimum atomic E-state index is -0.313. The fourth-order valence-electron chi connectivity index (χ4n) is 2.04. The largest absolute Gasteiger partial charge is 0.467 e. The average molecular weight is 361 g/mol. The normalized spacial score (nSPS) is 10.8. The van der Waals surface area contributed by atoms with Crippen molar-refractivity contribution in [1.82, 2.24) is 15.5 Å². The molecule has 25 heavy (non-hydrogen) atoms. The van der Waals surface area contributed by atoms with Crippen molar-refractivity contribution in [2.75, 3.05) is 5.75 Å². The Bertz CT molecular complexity index is 849. The van der Waals surface area contributed by atoms with Crippen LogP contribution in [0.25, 0.3) is 11.4 Å². The lowest BCUT2D eigenvalue weighted by atomic mass is 10.1. The predicted octanol–water partition coefficient (Wildman–Crippen LogP) is 3.33. The second-order valence-electron chi connectivity index (χ2n) is 5.32. The van der Waals surface area contributed by atoms with Crippen LogP contribution in [0.4, 0.5) is 4.39 Å². The van der Waals surface area contributed by atoms with Gasteiger partial charge in [-0.2, -0.15) is 4.98 Å². The number of rotatable bonds is 7. The summed E-state index contributed by atoms with van der Waals surface area (Å²) in [6, 6.07) is 8.34. The fourth-order valence-corrected chi connectivity index (χ4v) is 2.73. The number of carbonyl (C=O) groups is 1. The van der Waals surface area contributed by atoms with E-state index in [2.05, 4.69) is 15.5 Å². The molecule has 0 bridgehead atoms. The van der Waals surface area contributed by atoms with Crippen molar-refractivity contribution in [3.05, 3.63) is 59.6 Å². The monoisotopic (exact) mass is 361 g/mol. The molecule has 1 aromatic carbocycles. The third-order valence-electron chi connectivity index (χ3n) is 3.40. The summed E-state index contributed by atoms with van der Waals surface area (Å²) in [5.41, 5.74) is 1.11. The van der Waals surface area contributed by atoms with E-state index >= 15 is 0 Å². The van der Waals surface area contributed by atoms with Crippen LogP contribution in [0.3, 0.4) is 0 Å². The third-order valence-corrected chi connectivity index (χ3v) is 4.31. The van der Waals surface area contributed by atoms with Crippen LogP contribution in [0.15, 0.2) is 45.5 Å². The summed E-state index contributed by atoms with van der Waals surface area (Å²) in [7, 11) is 0. The lowest BCUT2D eigenvalue weighted by Crippen LogP contribution is -2.24. The molecule has 0 aliphatic heterocycles. The van der Waals surface area contributed by atoms with Gasteiger partial charge in [0, 0.05) is 5.56 Å². The van der Waals surface area contributed by atoms with Crippen molar-refractivity contribution in [1.29, 1.82) is 0 Å². The number of benzene rings is 1. The zero-order valence-corrected chi connectivity index (χ0v) is 14.3. The van der Waals surface area contributed by atoms with Gasteiger partial charge in [-0.25, -0.2) is 4.39 Å². The Balaban J connectivity index is 1.46. The molecule has 0 unspecified atom stereocenters. The minimum absolute atomic E-state index is 0.109. The Morgan fingerprint density at radius 1 is 1.36 bits per heavy atom. The molecule has 0 spiro atoms. The van der Waals surface area contributed by atoms with Gasteiger partial charge in [-0.1, -0.05) is 17.3 Å². The maximum Gasteiger partial charge on any atom is 0.236 e. The van der Waals surface area contributed by atoms with Gasteiger partial charge in [0.25, 0.3) is 0 Å². The number of hydrogen-bond acceptors (Lipinski definition) is 6. The van der Waals surface area contributed by atoms with Crippen LogP contribution in [-0.4, -0.2) is 21.8 Å². The smallest absolute Gasteiger partial charge is 0.236 e. The minimum Gasteiger partial charge on any atom is -0.467 e. The topological polar surface area (TPSA) is 81.2 Å². The molecule has 0 fully saturated rings. The van der Waals surface area contributed by atoms with Crippen molar-refractivity contribution >= 4 is 17.7 Å². The van der Waals surface area contributed by atoms with E-state index in [9.17, 15) is 9.18 Å². The van der Waals surface area contributed by atoms with E-state index in [0.29, 0.717) is 40.9 Å². The number of aromatic nitrogens is 2. The molecule has 6 nitrogen and oxygen atoms in total. The number of amides is 1. The summed E-state index contributed by atoms with van der Waals surface area (Å²) in [5, 5.41) is 6.60. The lowest BCUT2D eigenvalue weighted by Gasteiger charge is -2.01. The number of thioether (sulfide) groups is 1. The molecule has 3 rings (SSSR count). The molecule has 8 heteroatoms. The molecule has 130 valence electrons. The highest BCUT2D eigenvalue weighted by Crippen LogP contribution is 2.20. The molecule has 2 aromatic heterocycles. The lowest BCUT2D eigenvalue weighted by molar-refractivity contribution is -0.118. The summed E-state index contributed by atoms with van der Waals surface area (Å²) >= 11 is 1.35. The molecule has 0 radical (unpaired) electrons. The van der Waals surface area contributed by atoms with E-state index in [4.69, 9.17) is 8.94 Å². The van der Waals surface area contributed by atoms with E-state index in [0.717, 1.165) is 0 Å². The van der Waals surface area contributed by atoms with Crippen LogP contribution < -0.4 is 5.32 Å². The Morgan fingerprint density at radius 2 is 2.24 bits per heavy atom. The van der Waals surface area contributed by atoms with Gasteiger partial charge in [0.1, 0.15) is 11.6 Å². The Kier molecular flexibility index (Phi) is 5.49. The van der Waals surface area contributed by atoms with Crippen LogP contribution in [0.2, 0.25) is 0 Å². The summed E-state index contributed by atoms with van der Waals surface area (Å²) in [4.78, 5) is 16.0. The Hall–Kier alpha value is -2.61. The summed E-state index contributed by atoms with van der Waals surface area (Å²) in [6.07, 6.45) is 1.56. The molecule has 0 aliphatic carbocycles. The van der Waals surface area contributed by atoms with Crippen molar-refractivity contribution in [3.8, 4) is 11.4 Å². The van der Waals surface area contributed by atoms with Gasteiger partial charge in [0.2, 0.25) is 17.6 Å². The number of nitrogens with one attached hydrogen (secondary N) is 1. The van der Waals surface area contributed by atoms with E-state index in [1.165, 1.54) is 17.8 Å². The molecule has 1 N–H and O–H groups in total. The van der Waals surface area contributed by atoms with Crippen molar-refractivity contribution < 1.29 is 18.1 Å². The third kappa shape index (κ3) is 4.69. The number of hydrogen-bond donors (Lipinski definition) is 1. The van der Waals surface area contributed by atoms with Crippen LogP contribution >= 0.6 is 11.8 Å². The molecule has 2 heterocycles. The maximum atomic E-state index is 13.6. The van der Waals surface area contributed by atoms with Gasteiger partial charge >= 0.3 is 0 Å². The average Bonchev–Trinajstić information content (AvgIpc) is 3.27. The first-order valence-corrected chi connectivity index (χ1v) is 8.73. The summed E-state index contributed by atoms with van der Waals surface area (Å²) in [5.74, 6) is 1.66. The highest BCUT2D eigenvalue weighted by Gasteiger charge is 2.11. The van der Waals surface area contributed by atoms with Crippen molar-refractivity contribution in [2.45, 2.75) is 19.2 Å². The SMILES string of the molecule is Cc1ccc(-c2noc(CSCC(=O)NCc3ccco3)n2)cc1F. The molecule has 0 aliphatic rings. The van der Waals surface area contributed by atoms with Crippen LogP contribution in [0.5, 0.6) is 0 Å². The van der Waals surface area contributed by atoms with Crippen LogP contribution in [0, 0.1) is 12.7 Å². The Morgan fingerprint density at radius 3 is 3.00 bits per heavy atom. The molecular weight excluding hydrogens is 345 g/mol. The highest BCUT2D eigenvalue weighted by atomic mass is 32.2. The summed E-state index contributed by atoms with van der Waals surface area (Å²) < 4.78 is 23.9.